The van der Waals surface area contributed by atoms with Crippen molar-refractivity contribution in [3.8, 4) is 0 Å². The summed E-state index contributed by atoms with van der Waals surface area (Å²) in [6, 6.07) is 8.65. The fourth-order valence-corrected chi connectivity index (χ4v) is 4.79. The summed E-state index contributed by atoms with van der Waals surface area (Å²) in [7, 11) is -3.25. The van der Waals surface area contributed by atoms with Crippen LogP contribution in [-0.2, 0) is 8.85 Å². The van der Waals surface area contributed by atoms with E-state index in [0.29, 0.717) is 0 Å². The summed E-state index contributed by atoms with van der Waals surface area (Å²) in [4.78, 5) is 0. The summed E-state index contributed by atoms with van der Waals surface area (Å²) < 4.78 is 12.8. The molecule has 0 fully saturated rings. The molecular weight excluding hydrogens is 328 g/mol. The highest BCUT2D eigenvalue weighted by molar-refractivity contribution is 6.70. The van der Waals surface area contributed by atoms with E-state index in [9.17, 15) is 0 Å². The Morgan fingerprint density at radius 3 is 1.50 bits per heavy atom. The molecule has 0 aliphatic heterocycles. The van der Waals surface area contributed by atoms with Gasteiger partial charge in [0.25, 0.3) is 0 Å². The third-order valence-corrected chi connectivity index (χ3v) is 5.39. The molecule has 0 aliphatic rings. The lowest BCUT2D eigenvalue weighted by Crippen LogP contribution is -2.28. The van der Waals surface area contributed by atoms with Crippen molar-refractivity contribution in [2.24, 2.45) is 0 Å². The van der Waals surface area contributed by atoms with Crippen LogP contribution in [0.4, 0.5) is 0 Å². The molecule has 0 radical (unpaired) electrons. The van der Waals surface area contributed by atoms with Gasteiger partial charge in [-0.25, -0.2) is 0 Å². The average molecular weight is 363 g/mol. The highest BCUT2D eigenvalue weighted by Gasteiger charge is 2.24. The smallest absolute Gasteiger partial charge is 0.184 e. The second kappa shape index (κ2) is 8.95. The van der Waals surface area contributed by atoms with Crippen molar-refractivity contribution in [3.63, 3.8) is 0 Å². The summed E-state index contributed by atoms with van der Waals surface area (Å²) >= 11 is 0. The van der Waals surface area contributed by atoms with Crippen molar-refractivity contribution in [3.05, 3.63) is 60.7 Å². The number of hydrogen-bond donors (Lipinski definition) is 0. The highest BCUT2D eigenvalue weighted by atomic mass is 28.4. The largest absolute Gasteiger partial charge is 0.410 e. The molecule has 0 amide bonds. The molecule has 2 nitrogen and oxygen atoms in total. The van der Waals surface area contributed by atoms with Crippen molar-refractivity contribution in [1.29, 1.82) is 0 Å². The van der Waals surface area contributed by atoms with Crippen LogP contribution in [0, 0.1) is 0 Å². The number of rotatable bonds is 10. The molecule has 0 heterocycles. The predicted molar refractivity (Wildman–Crippen MR) is 110 cm³/mol. The van der Waals surface area contributed by atoms with E-state index in [0.717, 1.165) is 12.8 Å². The van der Waals surface area contributed by atoms with Crippen LogP contribution in [0.3, 0.4) is 0 Å². The van der Waals surface area contributed by atoms with Gasteiger partial charge in [-0.05, 0) is 63.3 Å². The van der Waals surface area contributed by atoms with E-state index in [1.165, 1.54) is 11.1 Å². The van der Waals surface area contributed by atoms with Gasteiger partial charge in [-0.1, -0.05) is 36.4 Å². The summed E-state index contributed by atoms with van der Waals surface area (Å²) in [5.41, 5.74) is 2.42. The molecular formula is C20H34O2Si2. The zero-order chi connectivity index (χ0) is 18.4. The molecule has 4 heteroatoms. The summed E-state index contributed by atoms with van der Waals surface area (Å²) in [6.07, 6.45) is 5.69. The number of benzene rings is 1. The zero-order valence-electron chi connectivity index (χ0n) is 16.3. The van der Waals surface area contributed by atoms with E-state index in [4.69, 9.17) is 8.85 Å². The molecule has 0 aliphatic carbocycles. The second-order valence-corrected chi connectivity index (χ2v) is 17.1. The lowest BCUT2D eigenvalue weighted by atomic mass is 10.00. The van der Waals surface area contributed by atoms with Crippen molar-refractivity contribution in [1.82, 2.24) is 0 Å². The monoisotopic (exact) mass is 362 g/mol. The van der Waals surface area contributed by atoms with Gasteiger partial charge < -0.3 is 8.85 Å². The Bertz CT molecular complexity index is 496. The van der Waals surface area contributed by atoms with Crippen LogP contribution in [0.15, 0.2) is 49.6 Å². The topological polar surface area (TPSA) is 18.5 Å². The molecule has 2 unspecified atom stereocenters. The summed E-state index contributed by atoms with van der Waals surface area (Å²) in [5, 5.41) is 0. The first kappa shape index (κ1) is 21.1. The maximum absolute atomic E-state index is 6.38. The van der Waals surface area contributed by atoms with Crippen molar-refractivity contribution < 1.29 is 8.85 Å². The minimum absolute atomic E-state index is 0.0744. The molecule has 0 N–H and O–H groups in total. The molecule has 1 aromatic carbocycles. The fraction of sp³-hybridized carbons (Fsp3) is 0.500. The summed E-state index contributed by atoms with van der Waals surface area (Å²) in [6.45, 7) is 21.1. The first-order valence-corrected chi connectivity index (χ1v) is 15.5. The van der Waals surface area contributed by atoms with E-state index >= 15 is 0 Å². The average Bonchev–Trinajstić information content (AvgIpc) is 2.44. The van der Waals surface area contributed by atoms with Crippen molar-refractivity contribution >= 4 is 16.6 Å². The van der Waals surface area contributed by atoms with Crippen LogP contribution < -0.4 is 0 Å². The third-order valence-electron chi connectivity index (χ3n) is 3.41. The third kappa shape index (κ3) is 7.75. The van der Waals surface area contributed by atoms with E-state index in [2.05, 4.69) is 76.7 Å². The van der Waals surface area contributed by atoms with E-state index in [1.54, 1.807) is 0 Å². The van der Waals surface area contributed by atoms with Crippen LogP contribution in [-0.4, -0.2) is 16.6 Å². The first-order valence-electron chi connectivity index (χ1n) is 8.73. The second-order valence-electron chi connectivity index (χ2n) is 8.16. The molecule has 0 saturated carbocycles. The molecule has 134 valence electrons. The SMILES string of the molecule is C=CCC(O[Si](C)(C)C)c1cccc(C(CC=C)O[Si](C)(C)C)c1. The molecule has 1 rings (SSSR count). The normalized spacial score (nSPS) is 14.9. The van der Waals surface area contributed by atoms with Gasteiger partial charge in [-0.3, -0.25) is 0 Å². The Balaban J connectivity index is 3.12. The van der Waals surface area contributed by atoms with Gasteiger partial charge in [0.15, 0.2) is 16.6 Å². The first-order chi connectivity index (χ1) is 11.1. The fourth-order valence-electron chi connectivity index (χ4n) is 2.62. The van der Waals surface area contributed by atoms with Crippen LogP contribution >= 0.6 is 0 Å². The van der Waals surface area contributed by atoms with Gasteiger partial charge in [-0.15, -0.1) is 13.2 Å². The van der Waals surface area contributed by atoms with Gasteiger partial charge >= 0.3 is 0 Å². The van der Waals surface area contributed by atoms with Crippen LogP contribution in [0.25, 0.3) is 0 Å². The minimum Gasteiger partial charge on any atom is -0.410 e. The maximum Gasteiger partial charge on any atom is 0.184 e. The molecule has 0 spiro atoms. The predicted octanol–water partition coefficient (Wildman–Crippen LogP) is 6.62. The van der Waals surface area contributed by atoms with Gasteiger partial charge in [-0.2, -0.15) is 0 Å². The quantitative estimate of drug-likeness (QED) is 0.344. The van der Waals surface area contributed by atoms with Crippen LogP contribution in [0.5, 0.6) is 0 Å². The van der Waals surface area contributed by atoms with Crippen LogP contribution in [0.2, 0.25) is 39.3 Å². The van der Waals surface area contributed by atoms with Crippen molar-refractivity contribution in [2.75, 3.05) is 0 Å². The molecule has 0 bridgehead atoms. The van der Waals surface area contributed by atoms with Gasteiger partial charge in [0.05, 0.1) is 12.2 Å². The lowest BCUT2D eigenvalue weighted by molar-refractivity contribution is 0.195. The molecule has 24 heavy (non-hydrogen) atoms. The van der Waals surface area contributed by atoms with Gasteiger partial charge in [0.1, 0.15) is 0 Å². The highest BCUT2D eigenvalue weighted by Crippen LogP contribution is 2.31. The standard InChI is InChI=1S/C20H34O2Si2/c1-9-12-19(21-23(3,4)5)17-14-11-15-18(16-17)20(13-10-2)22-24(6,7)8/h9-11,14-16,19-20H,1-2,12-13H2,3-8H3. The van der Waals surface area contributed by atoms with Gasteiger partial charge in [0.2, 0.25) is 0 Å². The Morgan fingerprint density at radius 1 is 0.833 bits per heavy atom. The van der Waals surface area contributed by atoms with Gasteiger partial charge in [0, 0.05) is 0 Å². The maximum atomic E-state index is 6.38. The van der Waals surface area contributed by atoms with Crippen LogP contribution in [0.1, 0.15) is 36.2 Å². The Labute approximate surface area is 150 Å². The van der Waals surface area contributed by atoms with E-state index < -0.39 is 16.6 Å². The molecule has 0 aromatic heterocycles. The number of hydrogen-bond acceptors (Lipinski definition) is 2. The Hall–Kier alpha value is -0.946. The minimum atomic E-state index is -1.63. The summed E-state index contributed by atoms with van der Waals surface area (Å²) in [5.74, 6) is 0. The lowest BCUT2D eigenvalue weighted by Gasteiger charge is -2.29. The van der Waals surface area contributed by atoms with E-state index in [1.807, 2.05) is 12.2 Å². The Kier molecular flexibility index (Phi) is 7.87. The molecule has 2 atom stereocenters. The van der Waals surface area contributed by atoms with E-state index in [-0.39, 0.29) is 12.2 Å². The molecule has 1 aromatic rings. The zero-order valence-corrected chi connectivity index (χ0v) is 18.3. The van der Waals surface area contributed by atoms with Crippen molar-refractivity contribution in [2.45, 2.75) is 64.3 Å². The molecule has 0 saturated heterocycles. The Morgan fingerprint density at radius 2 is 1.21 bits per heavy atom.